The second kappa shape index (κ2) is 9.34. The standard InChI is InChI=1S/C24H28O2/c1-3-5-15-25-23-13-11-19-8-10-22-18-24(26-16-6-4-2)14-12-20(22)7-9-21(19)17-23/h11-14,17-18H,3-7,9,15-16H2,1-2H3. The summed E-state index contributed by atoms with van der Waals surface area (Å²) in [5.74, 6) is 8.58. The van der Waals surface area contributed by atoms with Crippen molar-refractivity contribution in [2.75, 3.05) is 13.2 Å². The van der Waals surface area contributed by atoms with E-state index in [1.807, 2.05) is 6.07 Å². The number of aryl methyl sites for hydroxylation is 2. The van der Waals surface area contributed by atoms with Crippen LogP contribution in [-0.4, -0.2) is 13.2 Å². The molecule has 0 fully saturated rings. The van der Waals surface area contributed by atoms with E-state index in [4.69, 9.17) is 9.47 Å². The second-order valence-corrected chi connectivity index (χ2v) is 6.79. The summed E-state index contributed by atoms with van der Waals surface area (Å²) >= 11 is 0. The van der Waals surface area contributed by atoms with Crippen LogP contribution in [0.2, 0.25) is 0 Å². The Balaban J connectivity index is 1.78. The largest absolute Gasteiger partial charge is 0.494 e. The normalized spacial score (nSPS) is 12.1. The number of ether oxygens (including phenoxy) is 2. The number of hydrogen-bond acceptors (Lipinski definition) is 2. The fourth-order valence-electron chi connectivity index (χ4n) is 3.04. The lowest BCUT2D eigenvalue weighted by Crippen LogP contribution is -2.03. The molecule has 1 aliphatic carbocycles. The smallest absolute Gasteiger partial charge is 0.120 e. The van der Waals surface area contributed by atoms with Crippen molar-refractivity contribution in [1.82, 2.24) is 0 Å². The molecule has 0 unspecified atom stereocenters. The summed E-state index contributed by atoms with van der Waals surface area (Å²) < 4.78 is 11.7. The fraction of sp³-hybridized carbons (Fsp3) is 0.417. The van der Waals surface area contributed by atoms with Crippen LogP contribution in [0.3, 0.4) is 0 Å². The first-order chi connectivity index (χ1) is 12.8. The first-order valence-electron chi connectivity index (χ1n) is 9.83. The molecular weight excluding hydrogens is 320 g/mol. The Morgan fingerprint density at radius 2 is 1.35 bits per heavy atom. The van der Waals surface area contributed by atoms with E-state index in [-0.39, 0.29) is 0 Å². The van der Waals surface area contributed by atoms with E-state index in [1.165, 1.54) is 11.1 Å². The molecule has 3 rings (SSSR count). The first kappa shape index (κ1) is 18.4. The van der Waals surface area contributed by atoms with Crippen LogP contribution in [0.25, 0.3) is 0 Å². The average molecular weight is 348 g/mol. The zero-order valence-electron chi connectivity index (χ0n) is 15.9. The molecule has 2 heteroatoms. The van der Waals surface area contributed by atoms with Gasteiger partial charge in [-0.1, -0.05) is 44.6 Å². The van der Waals surface area contributed by atoms with Crippen molar-refractivity contribution in [3.8, 4) is 23.3 Å². The molecule has 136 valence electrons. The van der Waals surface area contributed by atoms with Gasteiger partial charge in [-0.3, -0.25) is 0 Å². The molecule has 0 atom stereocenters. The van der Waals surface area contributed by atoms with Gasteiger partial charge in [-0.2, -0.15) is 0 Å². The summed E-state index contributed by atoms with van der Waals surface area (Å²) in [6, 6.07) is 12.6. The molecule has 1 aliphatic rings. The van der Waals surface area contributed by atoms with E-state index < -0.39 is 0 Å². The predicted molar refractivity (Wildman–Crippen MR) is 107 cm³/mol. The lowest BCUT2D eigenvalue weighted by atomic mass is 9.94. The number of fused-ring (bicyclic) bond motifs is 2. The van der Waals surface area contributed by atoms with E-state index in [2.05, 4.69) is 56.0 Å². The van der Waals surface area contributed by atoms with E-state index >= 15 is 0 Å². The van der Waals surface area contributed by atoms with Gasteiger partial charge in [0, 0.05) is 11.1 Å². The number of unbranched alkanes of at least 4 members (excludes halogenated alkanes) is 2. The van der Waals surface area contributed by atoms with Crippen molar-refractivity contribution in [3.63, 3.8) is 0 Å². The highest BCUT2D eigenvalue weighted by atomic mass is 16.5. The molecule has 2 aromatic carbocycles. The molecule has 0 radical (unpaired) electrons. The summed E-state index contributed by atoms with van der Waals surface area (Å²) in [4.78, 5) is 0. The SMILES string of the molecule is CCCCOc1ccc2c(c1)C#Cc1ccc(OCCCC)cc1CC2. The number of rotatable bonds is 8. The zero-order chi connectivity index (χ0) is 18.2. The minimum absolute atomic E-state index is 0.770. The molecule has 0 saturated carbocycles. The fourth-order valence-corrected chi connectivity index (χ4v) is 3.04. The van der Waals surface area contributed by atoms with Gasteiger partial charge in [-0.15, -0.1) is 0 Å². The molecule has 0 amide bonds. The summed E-state index contributed by atoms with van der Waals surface area (Å²) in [6.45, 7) is 5.90. The quantitative estimate of drug-likeness (QED) is 0.460. The Kier molecular flexibility index (Phi) is 6.61. The molecule has 0 aliphatic heterocycles. The lowest BCUT2D eigenvalue weighted by molar-refractivity contribution is 0.309. The third kappa shape index (κ3) is 4.82. The van der Waals surface area contributed by atoms with Crippen molar-refractivity contribution in [2.45, 2.75) is 52.4 Å². The maximum Gasteiger partial charge on any atom is 0.120 e. The van der Waals surface area contributed by atoms with Gasteiger partial charge in [0.15, 0.2) is 0 Å². The minimum Gasteiger partial charge on any atom is -0.494 e. The molecule has 0 N–H and O–H groups in total. The van der Waals surface area contributed by atoms with Gasteiger partial charge in [0.05, 0.1) is 13.2 Å². The summed E-state index contributed by atoms with van der Waals surface area (Å²) in [6.07, 6.45) is 6.44. The van der Waals surface area contributed by atoms with E-state index in [0.29, 0.717) is 0 Å². The highest BCUT2D eigenvalue weighted by Crippen LogP contribution is 2.24. The van der Waals surface area contributed by atoms with Crippen LogP contribution in [0.5, 0.6) is 11.5 Å². The third-order valence-electron chi connectivity index (χ3n) is 4.69. The summed E-state index contributed by atoms with van der Waals surface area (Å²) in [5, 5.41) is 0. The average Bonchev–Trinajstić information content (AvgIpc) is 2.65. The van der Waals surface area contributed by atoms with Gasteiger partial charge in [-0.05, 0) is 67.1 Å². The van der Waals surface area contributed by atoms with Gasteiger partial charge in [0.2, 0.25) is 0 Å². The van der Waals surface area contributed by atoms with Crippen molar-refractivity contribution >= 4 is 0 Å². The molecule has 0 heterocycles. The van der Waals surface area contributed by atoms with Crippen LogP contribution < -0.4 is 9.47 Å². The minimum atomic E-state index is 0.770. The third-order valence-corrected chi connectivity index (χ3v) is 4.69. The van der Waals surface area contributed by atoms with Gasteiger partial charge in [0.25, 0.3) is 0 Å². The van der Waals surface area contributed by atoms with Gasteiger partial charge in [-0.25, -0.2) is 0 Å². The van der Waals surface area contributed by atoms with Crippen molar-refractivity contribution in [1.29, 1.82) is 0 Å². The highest BCUT2D eigenvalue weighted by molar-refractivity contribution is 5.54. The maximum absolute atomic E-state index is 5.85. The summed E-state index contributed by atoms with van der Waals surface area (Å²) in [7, 11) is 0. The zero-order valence-corrected chi connectivity index (χ0v) is 15.9. The molecular formula is C24H28O2. The number of hydrogen-bond donors (Lipinski definition) is 0. The van der Waals surface area contributed by atoms with E-state index in [9.17, 15) is 0 Å². The molecule has 26 heavy (non-hydrogen) atoms. The van der Waals surface area contributed by atoms with Gasteiger partial charge < -0.3 is 9.47 Å². The maximum atomic E-state index is 5.85. The van der Waals surface area contributed by atoms with Crippen LogP contribution in [-0.2, 0) is 12.8 Å². The van der Waals surface area contributed by atoms with E-state index in [1.54, 1.807) is 0 Å². The second-order valence-electron chi connectivity index (χ2n) is 6.79. The topological polar surface area (TPSA) is 18.5 Å². The number of benzene rings is 2. The molecule has 2 nitrogen and oxygen atoms in total. The Bertz CT molecular complexity index is 796. The molecule has 2 aromatic rings. The monoisotopic (exact) mass is 348 g/mol. The molecule has 0 bridgehead atoms. The van der Waals surface area contributed by atoms with Crippen molar-refractivity contribution in [3.05, 3.63) is 58.7 Å². The molecule has 0 aromatic heterocycles. The van der Waals surface area contributed by atoms with Crippen molar-refractivity contribution < 1.29 is 9.47 Å². The first-order valence-corrected chi connectivity index (χ1v) is 9.83. The highest BCUT2D eigenvalue weighted by Gasteiger charge is 2.10. The Morgan fingerprint density at radius 3 is 2.08 bits per heavy atom. The predicted octanol–water partition coefficient (Wildman–Crippen LogP) is 5.54. The van der Waals surface area contributed by atoms with Gasteiger partial charge in [0.1, 0.15) is 11.5 Å². The van der Waals surface area contributed by atoms with Crippen LogP contribution in [0.4, 0.5) is 0 Å². The van der Waals surface area contributed by atoms with E-state index in [0.717, 1.165) is 74.4 Å². The van der Waals surface area contributed by atoms with Gasteiger partial charge >= 0.3 is 0 Å². The molecule has 0 saturated heterocycles. The Labute approximate surface area is 157 Å². The van der Waals surface area contributed by atoms with Crippen LogP contribution in [0.1, 0.15) is 61.8 Å². The van der Waals surface area contributed by atoms with Crippen LogP contribution in [0, 0.1) is 11.8 Å². The Hall–Kier alpha value is -2.40. The van der Waals surface area contributed by atoms with Crippen LogP contribution in [0.15, 0.2) is 36.4 Å². The summed E-state index contributed by atoms with van der Waals surface area (Å²) in [5.41, 5.74) is 4.77. The van der Waals surface area contributed by atoms with Crippen LogP contribution >= 0.6 is 0 Å². The molecule has 0 spiro atoms. The lowest BCUT2D eigenvalue weighted by Gasteiger charge is -2.14. The Morgan fingerprint density at radius 1 is 0.731 bits per heavy atom. The van der Waals surface area contributed by atoms with Crippen molar-refractivity contribution in [2.24, 2.45) is 0 Å².